The highest BCUT2D eigenvalue weighted by atomic mass is 32.2. The molecule has 1 aliphatic rings. The van der Waals surface area contributed by atoms with E-state index in [-0.39, 0.29) is 28.7 Å². The van der Waals surface area contributed by atoms with Crippen LogP contribution in [0.1, 0.15) is 24.3 Å². The summed E-state index contributed by atoms with van der Waals surface area (Å²) < 4.78 is 42.4. The molecule has 1 aromatic carbocycles. The summed E-state index contributed by atoms with van der Waals surface area (Å²) in [6.07, 6.45) is 0.904. The van der Waals surface area contributed by atoms with Gasteiger partial charge in [-0.3, -0.25) is 0 Å². The van der Waals surface area contributed by atoms with E-state index in [0.29, 0.717) is 31.5 Å². The van der Waals surface area contributed by atoms with Crippen molar-refractivity contribution in [1.82, 2.24) is 4.90 Å². The fourth-order valence-electron chi connectivity index (χ4n) is 2.54. The Labute approximate surface area is 125 Å². The minimum atomic E-state index is -4.29. The minimum absolute atomic E-state index is 0.0388. The number of alkyl halides is 3. The van der Waals surface area contributed by atoms with Crippen LogP contribution in [0.2, 0.25) is 0 Å². The van der Waals surface area contributed by atoms with Gasteiger partial charge in [0.1, 0.15) is 0 Å². The lowest BCUT2D eigenvalue weighted by Gasteiger charge is -2.32. The molecule has 116 valence electrons. The quantitative estimate of drug-likeness (QED) is 0.764. The molecular weight excluding hydrogens is 303 g/mol. The van der Waals surface area contributed by atoms with Crippen molar-refractivity contribution in [3.8, 4) is 0 Å². The molecule has 0 aliphatic carbocycles. The van der Waals surface area contributed by atoms with Gasteiger partial charge in [-0.25, -0.2) is 4.79 Å². The van der Waals surface area contributed by atoms with Crippen molar-refractivity contribution < 1.29 is 22.7 Å². The van der Waals surface area contributed by atoms with Gasteiger partial charge in [-0.05, 0) is 42.2 Å². The van der Waals surface area contributed by atoms with E-state index in [4.69, 9.17) is 0 Å². The first kappa shape index (κ1) is 16.0. The Kier molecular flexibility index (Phi) is 5.03. The molecule has 1 amide bonds. The number of halogens is 3. The number of hydrogen-bond donors (Lipinski definition) is 0. The van der Waals surface area contributed by atoms with E-state index in [1.54, 1.807) is 23.1 Å². The summed E-state index contributed by atoms with van der Waals surface area (Å²) in [6, 6.07) is 6.61. The van der Waals surface area contributed by atoms with Gasteiger partial charge in [-0.2, -0.15) is 13.2 Å². The second-order valence-electron chi connectivity index (χ2n) is 4.82. The average Bonchev–Trinajstić information content (AvgIpc) is 2.45. The number of thioether (sulfide) groups is 1. The van der Waals surface area contributed by atoms with E-state index < -0.39 is 5.51 Å². The van der Waals surface area contributed by atoms with Crippen molar-refractivity contribution in [2.24, 2.45) is 0 Å². The number of likely N-dealkylation sites (tertiary alicyclic amines) is 1. The number of benzene rings is 1. The summed E-state index contributed by atoms with van der Waals surface area (Å²) in [5.41, 5.74) is -3.58. The lowest BCUT2D eigenvalue weighted by Crippen LogP contribution is -2.37. The van der Waals surface area contributed by atoms with Crippen LogP contribution in [-0.4, -0.2) is 36.7 Å². The predicted octanol–water partition coefficient (Wildman–Crippen LogP) is 4.24. The van der Waals surface area contributed by atoms with Gasteiger partial charge in [0.2, 0.25) is 0 Å². The highest BCUT2D eigenvalue weighted by Gasteiger charge is 2.32. The Morgan fingerprint density at radius 1 is 1.29 bits per heavy atom. The normalized spacial score (nSPS) is 16.9. The van der Waals surface area contributed by atoms with Crippen LogP contribution in [0.3, 0.4) is 0 Å². The molecule has 1 fully saturated rings. The zero-order chi connectivity index (χ0) is 15.5. The summed E-state index contributed by atoms with van der Waals surface area (Å²) in [5, 5.41) is 0. The van der Waals surface area contributed by atoms with Crippen molar-refractivity contribution in [3.05, 3.63) is 29.8 Å². The van der Waals surface area contributed by atoms with Crippen molar-refractivity contribution in [1.29, 1.82) is 0 Å². The molecule has 1 aliphatic heterocycles. The summed E-state index contributed by atoms with van der Waals surface area (Å²) in [4.78, 5) is 13.2. The molecule has 7 heteroatoms. The summed E-state index contributed by atoms with van der Waals surface area (Å²) in [7, 11) is 1.32. The molecule has 0 radical (unpaired) electrons. The molecule has 0 unspecified atom stereocenters. The van der Waals surface area contributed by atoms with Gasteiger partial charge in [0, 0.05) is 18.0 Å². The molecule has 1 heterocycles. The molecule has 0 saturated carbocycles. The van der Waals surface area contributed by atoms with E-state index in [2.05, 4.69) is 4.74 Å². The third kappa shape index (κ3) is 4.30. The second-order valence-corrected chi connectivity index (χ2v) is 5.92. The lowest BCUT2D eigenvalue weighted by molar-refractivity contribution is -0.0328. The molecule has 0 N–H and O–H groups in total. The summed E-state index contributed by atoms with van der Waals surface area (Å²) in [5.74, 6) is 0.0388. The van der Waals surface area contributed by atoms with Crippen molar-refractivity contribution in [3.63, 3.8) is 0 Å². The monoisotopic (exact) mass is 319 g/mol. The van der Waals surface area contributed by atoms with Gasteiger partial charge < -0.3 is 9.64 Å². The van der Waals surface area contributed by atoms with Gasteiger partial charge in [-0.1, -0.05) is 18.2 Å². The van der Waals surface area contributed by atoms with E-state index in [9.17, 15) is 18.0 Å². The van der Waals surface area contributed by atoms with E-state index >= 15 is 0 Å². The van der Waals surface area contributed by atoms with Crippen molar-refractivity contribution >= 4 is 17.9 Å². The van der Waals surface area contributed by atoms with Crippen LogP contribution in [0.5, 0.6) is 0 Å². The van der Waals surface area contributed by atoms with Crippen LogP contribution >= 0.6 is 11.8 Å². The van der Waals surface area contributed by atoms with Crippen LogP contribution in [-0.2, 0) is 4.74 Å². The zero-order valence-electron chi connectivity index (χ0n) is 11.5. The van der Waals surface area contributed by atoms with E-state index in [0.717, 1.165) is 0 Å². The Morgan fingerprint density at radius 2 is 1.90 bits per heavy atom. The van der Waals surface area contributed by atoms with Crippen LogP contribution < -0.4 is 0 Å². The maximum Gasteiger partial charge on any atom is 0.446 e. The Morgan fingerprint density at radius 3 is 2.48 bits per heavy atom. The molecule has 3 nitrogen and oxygen atoms in total. The third-order valence-corrected chi connectivity index (χ3v) is 4.34. The maximum atomic E-state index is 12.6. The van der Waals surface area contributed by atoms with Gasteiger partial charge in [0.05, 0.1) is 7.11 Å². The minimum Gasteiger partial charge on any atom is -0.453 e. The fourth-order valence-corrected chi connectivity index (χ4v) is 3.29. The molecule has 0 atom stereocenters. The first-order valence-electron chi connectivity index (χ1n) is 6.58. The molecule has 0 bridgehead atoms. The van der Waals surface area contributed by atoms with Gasteiger partial charge in [0.15, 0.2) is 0 Å². The number of carbonyl (C=O) groups is 1. The number of nitrogens with zero attached hydrogens (tertiary/aromatic N) is 1. The maximum absolute atomic E-state index is 12.6. The van der Waals surface area contributed by atoms with Crippen LogP contribution in [0.25, 0.3) is 0 Å². The Balaban J connectivity index is 2.08. The SMILES string of the molecule is COC(=O)N1CCC(c2ccccc2SC(F)(F)F)CC1. The third-order valence-electron chi connectivity index (χ3n) is 3.51. The smallest absolute Gasteiger partial charge is 0.446 e. The average molecular weight is 319 g/mol. The highest BCUT2D eigenvalue weighted by Crippen LogP contribution is 2.42. The van der Waals surface area contributed by atoms with Gasteiger partial charge in [0.25, 0.3) is 0 Å². The highest BCUT2D eigenvalue weighted by molar-refractivity contribution is 8.00. The van der Waals surface area contributed by atoms with E-state index in [1.165, 1.54) is 13.2 Å². The number of rotatable bonds is 2. The Bertz CT molecular complexity index is 499. The predicted molar refractivity (Wildman–Crippen MR) is 74.3 cm³/mol. The summed E-state index contributed by atoms with van der Waals surface area (Å²) in [6.45, 7) is 1.00. The van der Waals surface area contributed by atoms with Crippen molar-refractivity contribution in [2.75, 3.05) is 20.2 Å². The zero-order valence-corrected chi connectivity index (χ0v) is 12.3. The molecule has 1 saturated heterocycles. The number of piperidine rings is 1. The largest absolute Gasteiger partial charge is 0.453 e. The number of methoxy groups -OCH3 is 1. The molecular formula is C14H16F3NO2S. The summed E-state index contributed by atoms with van der Waals surface area (Å²) >= 11 is -0.0726. The van der Waals surface area contributed by atoms with Crippen LogP contribution in [0, 0.1) is 0 Å². The molecule has 21 heavy (non-hydrogen) atoms. The molecule has 1 aromatic rings. The molecule has 0 spiro atoms. The van der Waals surface area contributed by atoms with Gasteiger partial charge >= 0.3 is 11.6 Å². The van der Waals surface area contributed by atoms with E-state index in [1.807, 2.05) is 0 Å². The number of hydrogen-bond acceptors (Lipinski definition) is 3. The standard InChI is InChI=1S/C14H16F3NO2S/c1-20-13(19)18-8-6-10(7-9-18)11-4-2-3-5-12(11)21-14(15,16)17/h2-5,10H,6-9H2,1H3. The Hall–Kier alpha value is -1.37. The molecule has 2 rings (SSSR count). The topological polar surface area (TPSA) is 29.5 Å². The number of amides is 1. The fraction of sp³-hybridized carbons (Fsp3) is 0.500. The number of carbonyl (C=O) groups excluding carboxylic acids is 1. The van der Waals surface area contributed by atoms with Crippen LogP contribution in [0.4, 0.5) is 18.0 Å². The van der Waals surface area contributed by atoms with Crippen molar-refractivity contribution in [2.45, 2.75) is 29.2 Å². The second kappa shape index (κ2) is 6.60. The first-order valence-corrected chi connectivity index (χ1v) is 7.40. The lowest BCUT2D eigenvalue weighted by atomic mass is 9.89. The van der Waals surface area contributed by atoms with Crippen LogP contribution in [0.15, 0.2) is 29.2 Å². The number of ether oxygens (including phenoxy) is 1. The van der Waals surface area contributed by atoms with Gasteiger partial charge in [-0.15, -0.1) is 0 Å². The molecule has 0 aromatic heterocycles. The first-order chi connectivity index (χ1) is 9.90.